The Bertz CT molecular complexity index is 5410. The maximum absolute atomic E-state index is 14.1. The topological polar surface area (TPSA) is 276 Å². The van der Waals surface area contributed by atoms with E-state index < -0.39 is 29.2 Å². The lowest BCUT2D eigenvalue weighted by molar-refractivity contribution is -0.169. The van der Waals surface area contributed by atoms with E-state index in [1.807, 2.05) is 52.5 Å². The first kappa shape index (κ1) is 75.9. The molecule has 20 rings (SSSR count). The summed E-state index contributed by atoms with van der Waals surface area (Å²) in [6.45, 7) is 19.8. The Labute approximate surface area is 658 Å². The molecule has 0 radical (unpaired) electrons. The number of hydrogen-bond donors (Lipinski definition) is 5. The number of para-hydroxylation sites is 6. The largest absolute Gasteiger partial charge is 0.512 e. The zero-order valence-corrected chi connectivity index (χ0v) is 64.6. The van der Waals surface area contributed by atoms with Gasteiger partial charge in [0.1, 0.15) is 91.2 Å². The van der Waals surface area contributed by atoms with Crippen molar-refractivity contribution >= 4 is 113 Å². The number of Topliss-reactive ketones (excluding diaryl/α,β-unsaturated/α-hetero) is 1. The number of fused-ring (bicyclic) bond motifs is 10. The number of aliphatic hydroxyl groups is 3. The van der Waals surface area contributed by atoms with Gasteiger partial charge in [-0.2, -0.15) is 0 Å². The summed E-state index contributed by atoms with van der Waals surface area (Å²) in [5.74, 6) is -0.0137. The number of anilines is 6. The van der Waals surface area contributed by atoms with Gasteiger partial charge in [0.2, 0.25) is 0 Å². The van der Waals surface area contributed by atoms with Crippen LogP contribution in [0.4, 0.5) is 42.9 Å². The van der Waals surface area contributed by atoms with Crippen LogP contribution in [0.3, 0.4) is 0 Å². The summed E-state index contributed by atoms with van der Waals surface area (Å²) in [7, 11) is 0. The van der Waals surface area contributed by atoms with Crippen molar-refractivity contribution in [2.75, 3.05) is 122 Å². The number of benzene rings is 6. The Morgan fingerprint density at radius 2 is 0.763 bits per heavy atom. The van der Waals surface area contributed by atoms with Crippen molar-refractivity contribution in [2.24, 2.45) is 0 Å². The van der Waals surface area contributed by atoms with Crippen molar-refractivity contribution in [3.8, 4) is 0 Å². The summed E-state index contributed by atoms with van der Waals surface area (Å²) in [6.07, 6.45) is 9.53. The normalized spacial score (nSPS) is 19.6. The quantitative estimate of drug-likeness (QED) is 0.0805. The first-order valence-electron chi connectivity index (χ1n) is 40.2. The zero-order valence-electron chi connectivity index (χ0n) is 64.6. The monoisotopic (exact) mass is 1550 g/mol. The fourth-order valence-electron chi connectivity index (χ4n) is 17.7. The van der Waals surface area contributed by atoms with Gasteiger partial charge in [-0.15, -0.1) is 0 Å². The first-order valence-corrected chi connectivity index (χ1v) is 40.2. The van der Waals surface area contributed by atoms with Crippen LogP contribution in [-0.4, -0.2) is 180 Å². The molecule has 596 valence electrons. The van der Waals surface area contributed by atoms with Crippen LogP contribution < -0.4 is 30.2 Å². The van der Waals surface area contributed by atoms with E-state index in [-0.39, 0.29) is 57.8 Å². The smallest absolute Gasteiger partial charge is 0.262 e. The van der Waals surface area contributed by atoms with E-state index in [4.69, 9.17) is 48.4 Å². The number of halogens is 2. The molecule has 14 heterocycles. The van der Waals surface area contributed by atoms with Crippen molar-refractivity contribution in [1.29, 1.82) is 0 Å². The average Bonchev–Trinajstić information content (AvgIpc) is 1.60. The molecule has 10 aromatic rings. The summed E-state index contributed by atoms with van der Waals surface area (Å²) >= 11 is 0. The third kappa shape index (κ3) is 14.6. The molecule has 3 spiro atoms. The van der Waals surface area contributed by atoms with E-state index in [0.29, 0.717) is 95.7 Å². The summed E-state index contributed by atoms with van der Waals surface area (Å²) in [6, 6.07) is 36.6. The number of carbonyl (C=O) groups excluding carboxylic acids is 3. The molecule has 0 aliphatic carbocycles. The number of piperidine rings is 4. The molecule has 0 saturated carbocycles. The van der Waals surface area contributed by atoms with Crippen molar-refractivity contribution in [3.63, 3.8) is 0 Å². The second-order valence-corrected chi connectivity index (χ2v) is 30.5. The van der Waals surface area contributed by atoms with Gasteiger partial charge < -0.3 is 92.2 Å². The number of allylic oxidation sites excluding steroid dienone is 4. The van der Waals surface area contributed by atoms with Crippen molar-refractivity contribution < 1.29 is 66.9 Å². The van der Waals surface area contributed by atoms with E-state index in [1.54, 1.807) is 18.2 Å². The van der Waals surface area contributed by atoms with E-state index in [2.05, 4.69) is 89.6 Å². The number of nitrogens with zero attached hydrogens (tertiary/aromatic N) is 12. The third-order valence-electron chi connectivity index (χ3n) is 23.8. The van der Waals surface area contributed by atoms with E-state index in [0.717, 1.165) is 178 Å². The number of aliphatic hydroxyl groups excluding tert-OH is 3. The average molecular weight is 1560 g/mol. The number of aryl methyl sites for hydroxylation is 5. The lowest BCUT2D eigenvalue weighted by Crippen LogP contribution is -2.45. The summed E-state index contributed by atoms with van der Waals surface area (Å²) in [4.78, 5) is 66.4. The van der Waals surface area contributed by atoms with Crippen LogP contribution in [-0.2, 0) is 75.4 Å². The fraction of sp³-hybridized carbons (Fsp3) is 0.430. The molecule has 0 unspecified atom stereocenters. The number of ether oxygens (including phenoxy) is 6. The summed E-state index contributed by atoms with van der Waals surface area (Å²) in [5, 5.41) is 36.4. The highest BCUT2D eigenvalue weighted by atomic mass is 19.1. The zero-order chi connectivity index (χ0) is 78.4. The van der Waals surface area contributed by atoms with Crippen molar-refractivity contribution in [2.45, 2.75) is 148 Å². The minimum atomic E-state index is -0.607. The third-order valence-corrected chi connectivity index (χ3v) is 23.8. The van der Waals surface area contributed by atoms with Gasteiger partial charge >= 0.3 is 0 Å². The van der Waals surface area contributed by atoms with Gasteiger partial charge in [0, 0.05) is 161 Å². The lowest BCUT2D eigenvalue weighted by Gasteiger charge is -2.38. The number of carbonyl (C=O) groups is 3. The molecule has 5 N–H and O–H groups in total. The van der Waals surface area contributed by atoms with Crippen LogP contribution in [0.25, 0.3) is 60.9 Å². The van der Waals surface area contributed by atoms with Crippen molar-refractivity contribution in [3.05, 3.63) is 174 Å². The Morgan fingerprint density at radius 3 is 1.14 bits per heavy atom. The Morgan fingerprint density at radius 1 is 0.421 bits per heavy atom. The fourth-order valence-corrected chi connectivity index (χ4v) is 17.7. The van der Waals surface area contributed by atoms with Gasteiger partial charge in [-0.1, -0.05) is 62.4 Å². The predicted molar refractivity (Wildman–Crippen MR) is 432 cm³/mol. The molecule has 6 aromatic carbocycles. The van der Waals surface area contributed by atoms with Gasteiger partial charge in [0.25, 0.3) is 11.8 Å². The highest BCUT2D eigenvalue weighted by Crippen LogP contribution is 2.43. The van der Waals surface area contributed by atoms with Crippen LogP contribution in [0.5, 0.6) is 0 Å². The molecular weight excluding hydrogens is 1460 g/mol. The van der Waals surface area contributed by atoms with Crippen LogP contribution >= 0.6 is 0 Å². The first-order chi connectivity index (χ1) is 55.5. The molecule has 26 nitrogen and oxygen atoms in total. The number of aromatic nitrogens is 8. The Kier molecular flexibility index (Phi) is 21.2. The highest BCUT2D eigenvalue weighted by molar-refractivity contribution is 6.26. The van der Waals surface area contributed by atoms with Crippen molar-refractivity contribution in [1.82, 2.24) is 38.2 Å². The molecule has 7 fully saturated rings. The van der Waals surface area contributed by atoms with E-state index >= 15 is 0 Å². The molecule has 2 amide bonds. The molecular formula is C86H96F2N14O12. The van der Waals surface area contributed by atoms with Gasteiger partial charge in [-0.05, 0) is 86.1 Å². The molecule has 28 heteroatoms. The van der Waals surface area contributed by atoms with E-state index in [9.17, 15) is 38.5 Å². The molecule has 0 bridgehead atoms. The lowest BCUT2D eigenvalue weighted by atomic mass is 10.0. The minimum absolute atomic E-state index is 0.0414. The maximum atomic E-state index is 14.1. The standard InChI is InChI=1S/C25H25FN4O4.C23H21FN4O3.C19H23N3O3.C19H27N3O2/c26-16-4-1-2-5-17(16)27-24(32)21-20(31)8-11-30-19-7-3-6-18(22(19)28-23(21)30)29-12-9-25(10-13-29)33-14-15-34-25;24-15-4-1-2-5-16(15)25-23(31)20-19(30)10-13-28-18-7-3-6-17(21(18)26-22(20)28)27-11-8-14(29)9-12-27;1-13-16(23)5-8-22-15-4-2-3-14(17(15)20-18(13)22)21-9-6-19(7-10-21)24-11-12-25-19;1-3-10-22-16-7-5-6-15(18(16)20-17(22)4-2)21-11-8-19(9-12-21)23-13-14-24-19/h1-7,31H,8-15H2,(H,27,32);1-7,30H,8-13H2,(H,25,31);2-4,23H,5-12H2,1H3;5-7H,3-4,8-14H2,1-2H3. The van der Waals surface area contributed by atoms with Crippen LogP contribution in [0.2, 0.25) is 0 Å². The van der Waals surface area contributed by atoms with Gasteiger partial charge in [-0.25, -0.2) is 28.7 Å². The molecule has 114 heavy (non-hydrogen) atoms. The number of ketones is 1. The minimum Gasteiger partial charge on any atom is -0.512 e. The second kappa shape index (κ2) is 31.9. The number of nitrogens with one attached hydrogen (secondary N) is 2. The number of imidazole rings is 4. The highest BCUT2D eigenvalue weighted by Gasteiger charge is 2.44. The van der Waals surface area contributed by atoms with Gasteiger partial charge in [0.15, 0.2) is 17.4 Å². The molecule has 4 aromatic heterocycles. The van der Waals surface area contributed by atoms with Crippen LogP contribution in [0.1, 0.15) is 121 Å². The number of rotatable bonds is 11. The summed E-state index contributed by atoms with van der Waals surface area (Å²) in [5.41, 5.74) is 13.2. The molecule has 7 saturated heterocycles. The van der Waals surface area contributed by atoms with Gasteiger partial charge in [0.05, 0.1) is 95.8 Å². The molecule has 10 aliphatic heterocycles. The molecule has 10 aliphatic rings. The number of amides is 2. The maximum Gasteiger partial charge on any atom is 0.262 e. The van der Waals surface area contributed by atoms with Crippen LogP contribution in [0, 0.1) is 11.6 Å². The second-order valence-electron chi connectivity index (χ2n) is 30.5. The Balaban J connectivity index is 0.000000111. The number of hydrogen-bond acceptors (Lipinski definition) is 20. The van der Waals surface area contributed by atoms with E-state index in [1.165, 1.54) is 53.0 Å². The SMILES string of the molecule is CC1=C(O)CCn2c1nc1c(N3CCC4(CC3)OCCO4)cccc12.CCCn1c(CC)nc2c(N3CCC4(CC3)OCCO4)cccc21.O=C(Nc1ccccc1F)C1=C(O)CCn2c1nc1c(N3CCC4(CC3)OCCO4)cccc12.O=C1CCN(c2cccc3c2nc2n3CCC(O)=C2C(=O)Nc2ccccc2F)CC1. The molecule has 0 atom stereocenters. The predicted octanol–water partition coefficient (Wildman–Crippen LogP) is 13.9. The summed E-state index contributed by atoms with van der Waals surface area (Å²) < 4.78 is 71.7. The Hall–Kier alpha value is -10.8. The van der Waals surface area contributed by atoms with Crippen LogP contribution in [0.15, 0.2) is 139 Å². The van der Waals surface area contributed by atoms with Gasteiger partial charge in [-0.3, -0.25) is 14.4 Å².